The van der Waals surface area contributed by atoms with Gasteiger partial charge in [0.05, 0.1) is 0 Å². The molecule has 11 heavy (non-hydrogen) atoms. The Morgan fingerprint density at radius 1 is 1.18 bits per heavy atom. The zero-order valence-corrected chi connectivity index (χ0v) is 11.5. The van der Waals surface area contributed by atoms with Gasteiger partial charge in [0.15, 0.2) is 0 Å². The number of rotatable bonds is 3. The van der Waals surface area contributed by atoms with E-state index in [-0.39, 0.29) is 0 Å². The van der Waals surface area contributed by atoms with Crippen molar-refractivity contribution < 1.29 is 11.9 Å². The molecule has 0 radical (unpaired) electrons. The summed E-state index contributed by atoms with van der Waals surface area (Å²) >= 11 is 2.10. The van der Waals surface area contributed by atoms with E-state index in [2.05, 4.69) is 6.92 Å². The minimum atomic E-state index is -3.13. The summed E-state index contributed by atoms with van der Waals surface area (Å²) in [6.45, 7) is 3.64. The van der Waals surface area contributed by atoms with Crippen LogP contribution in [0.2, 0.25) is 0 Å². The van der Waals surface area contributed by atoms with Crippen molar-refractivity contribution in [1.29, 1.82) is 0 Å². The quantitative estimate of drug-likeness (QED) is 0.378. The third kappa shape index (κ3) is 47.3. The zero-order chi connectivity index (χ0) is 9.33. The third-order valence-corrected chi connectivity index (χ3v) is 0.781. The first-order chi connectivity index (χ1) is 4.91. The van der Waals surface area contributed by atoms with Crippen LogP contribution < -0.4 is 0 Å². The summed E-state index contributed by atoms with van der Waals surface area (Å²) in [5.74, 6) is 1.64. The van der Waals surface area contributed by atoms with Gasteiger partial charge in [-0.15, -0.1) is 6.42 Å². The fourth-order valence-corrected chi connectivity index (χ4v) is 0.376. The molecule has 0 heterocycles. The van der Waals surface area contributed by atoms with E-state index >= 15 is 0 Å². The van der Waals surface area contributed by atoms with Crippen LogP contribution in [0.5, 0.6) is 0 Å². The van der Waals surface area contributed by atoms with E-state index in [9.17, 15) is 0 Å². The molecule has 0 fully saturated rings. The normalized spacial score (nSPS) is 11.8. The number of hydrogen-bond donors (Lipinski definition) is 0. The SMILES string of the molecule is [CH2-]CCC[CH-]Cl.[Cl][Mo]([Cl])([Cl])[Cl]. The Kier molecular flexibility index (Phi) is 14.5. The second kappa shape index (κ2) is 10.2. The molecular weight excluding hydrogens is 333 g/mol. The molecule has 0 aromatic rings. The first kappa shape index (κ1) is 15.6. The van der Waals surface area contributed by atoms with E-state index in [1.165, 1.54) is 0 Å². The van der Waals surface area contributed by atoms with E-state index in [4.69, 9.17) is 49.3 Å². The second-order valence-corrected chi connectivity index (χ2v) is 20.1. The molecule has 0 aliphatic carbocycles. The average molecular weight is 342 g/mol. The molecule has 6 heteroatoms. The number of hydrogen-bond acceptors (Lipinski definition) is 0. The van der Waals surface area contributed by atoms with Crippen LogP contribution in [0, 0.1) is 12.8 Å². The maximum absolute atomic E-state index is 5.23. The van der Waals surface area contributed by atoms with Crippen molar-refractivity contribution in [3.8, 4) is 0 Å². The molecule has 0 atom stereocenters. The molecule has 0 aromatic heterocycles. The van der Waals surface area contributed by atoms with Crippen molar-refractivity contribution in [1.82, 2.24) is 0 Å². The first-order valence-corrected chi connectivity index (χ1v) is 13.5. The summed E-state index contributed by atoms with van der Waals surface area (Å²) in [7, 11) is 20.1. The first-order valence-electron chi connectivity index (χ1n) is 2.74. The van der Waals surface area contributed by atoms with Crippen LogP contribution in [0.1, 0.15) is 19.3 Å². The predicted molar refractivity (Wildman–Crippen MR) is 52.8 cm³/mol. The van der Waals surface area contributed by atoms with Gasteiger partial charge in [-0.1, -0.05) is 0 Å². The molecule has 0 saturated carbocycles. The third-order valence-electron chi connectivity index (χ3n) is 0.563. The molecule has 0 nitrogen and oxygen atoms in total. The van der Waals surface area contributed by atoms with Gasteiger partial charge in [0.1, 0.15) is 0 Å². The summed E-state index contributed by atoms with van der Waals surface area (Å²) in [5, 5.41) is 0. The zero-order valence-electron chi connectivity index (χ0n) is 5.70. The van der Waals surface area contributed by atoms with Crippen molar-refractivity contribution >= 4 is 49.3 Å². The molecule has 0 aromatic carbocycles. The fraction of sp³-hybridized carbons (Fsp3) is 0.600. The second-order valence-electron chi connectivity index (χ2n) is 1.50. The summed E-state index contributed by atoms with van der Waals surface area (Å²) in [4.78, 5) is 0. The van der Waals surface area contributed by atoms with Gasteiger partial charge >= 0.3 is 49.6 Å². The van der Waals surface area contributed by atoms with Crippen LogP contribution in [-0.2, 0) is 11.9 Å². The Labute approximate surface area is 92.4 Å². The molecule has 0 spiro atoms. The van der Waals surface area contributed by atoms with Gasteiger partial charge in [0, 0.05) is 0 Å². The molecule has 0 amide bonds. The molecule has 0 saturated heterocycles. The Morgan fingerprint density at radius 3 is 1.64 bits per heavy atom. The molecule has 0 aliphatic rings. The van der Waals surface area contributed by atoms with Gasteiger partial charge in [-0.05, 0) is 0 Å². The number of halogens is 5. The van der Waals surface area contributed by atoms with Gasteiger partial charge < -0.3 is 18.5 Å². The predicted octanol–water partition coefficient (Wildman–Crippen LogP) is 5.15. The van der Waals surface area contributed by atoms with Gasteiger partial charge in [0.25, 0.3) is 0 Å². The van der Waals surface area contributed by atoms with Crippen molar-refractivity contribution in [2.45, 2.75) is 19.3 Å². The molecule has 0 aliphatic heterocycles. The van der Waals surface area contributed by atoms with E-state index in [1.807, 2.05) is 0 Å². The monoisotopic (exact) mass is 342 g/mol. The Bertz CT molecular complexity index is 61.8. The van der Waals surface area contributed by atoms with Crippen LogP contribution in [0.3, 0.4) is 0 Å². The molecule has 0 unspecified atom stereocenters. The van der Waals surface area contributed by atoms with Crippen molar-refractivity contribution in [2.75, 3.05) is 0 Å². The van der Waals surface area contributed by atoms with Crippen molar-refractivity contribution in [3.05, 3.63) is 12.8 Å². The van der Waals surface area contributed by atoms with Crippen LogP contribution in [-0.4, -0.2) is 0 Å². The molecule has 0 N–H and O–H groups in total. The minimum absolute atomic E-state index is 0.989. The number of unbranched alkanes of at least 4 members (excludes halogenated alkanes) is 2. The molecule has 0 bridgehead atoms. The summed E-state index contributed by atoms with van der Waals surface area (Å²) < 4.78 is 0. The standard InChI is InChI=1S/C5H9Cl.4ClH.Mo/c1-2-3-4-5-6;;;;;/h5H,1-4H2;4*1H;/q-2;;;;;+4/p-4. The van der Waals surface area contributed by atoms with Crippen LogP contribution >= 0.6 is 49.3 Å². The van der Waals surface area contributed by atoms with Crippen molar-refractivity contribution in [2.24, 2.45) is 0 Å². The van der Waals surface area contributed by atoms with Crippen molar-refractivity contribution in [3.63, 3.8) is 0 Å². The van der Waals surface area contributed by atoms with Crippen LogP contribution in [0.4, 0.5) is 0 Å². The fourth-order valence-electron chi connectivity index (χ4n) is 0.221. The molecular formula is C5H9Cl5Mo-2. The van der Waals surface area contributed by atoms with E-state index in [0.29, 0.717) is 0 Å². The van der Waals surface area contributed by atoms with Gasteiger partial charge in [0.2, 0.25) is 0 Å². The van der Waals surface area contributed by atoms with Crippen LogP contribution in [0.25, 0.3) is 0 Å². The molecule has 72 valence electrons. The maximum atomic E-state index is 5.23. The Hall–Kier alpha value is 2.14. The van der Waals surface area contributed by atoms with Gasteiger partial charge in [-0.3, -0.25) is 0 Å². The van der Waals surface area contributed by atoms with E-state index in [1.54, 1.807) is 5.88 Å². The summed E-state index contributed by atoms with van der Waals surface area (Å²) in [5.41, 5.74) is 0. The van der Waals surface area contributed by atoms with Gasteiger partial charge in [-0.25, -0.2) is 5.88 Å². The Balaban J connectivity index is 0. The summed E-state index contributed by atoms with van der Waals surface area (Å²) in [6, 6.07) is 0. The molecule has 0 rings (SSSR count). The van der Waals surface area contributed by atoms with E-state index in [0.717, 1.165) is 19.3 Å². The topological polar surface area (TPSA) is 0 Å². The Morgan fingerprint density at radius 2 is 1.55 bits per heavy atom. The summed E-state index contributed by atoms with van der Waals surface area (Å²) in [6.07, 6.45) is 3.10. The van der Waals surface area contributed by atoms with Gasteiger partial charge in [-0.2, -0.15) is 12.8 Å². The average Bonchev–Trinajstić information content (AvgIpc) is 1.79. The van der Waals surface area contributed by atoms with E-state index < -0.39 is 11.9 Å². The van der Waals surface area contributed by atoms with Crippen LogP contribution in [0.15, 0.2) is 0 Å².